The van der Waals surface area contributed by atoms with Gasteiger partial charge in [0.25, 0.3) is 5.91 Å². The number of rotatable bonds is 13. The summed E-state index contributed by atoms with van der Waals surface area (Å²) in [5, 5.41) is 12.9. The number of ether oxygens (including phenoxy) is 2. The van der Waals surface area contributed by atoms with Crippen LogP contribution in [0, 0.1) is 5.92 Å². The Morgan fingerprint density at radius 3 is 2.32 bits per heavy atom. The fourth-order valence-corrected chi connectivity index (χ4v) is 3.87. The van der Waals surface area contributed by atoms with E-state index in [9.17, 15) is 14.8 Å². The molecule has 0 bridgehead atoms. The maximum Gasteiger partial charge on any atom is 0.251 e. The van der Waals surface area contributed by atoms with Crippen LogP contribution in [0.4, 0.5) is 0 Å². The summed E-state index contributed by atoms with van der Waals surface area (Å²) in [5.74, 6) is -1.47. The van der Waals surface area contributed by atoms with Crippen molar-refractivity contribution in [3.8, 4) is 0 Å². The van der Waals surface area contributed by atoms with Crippen LogP contribution in [0.15, 0.2) is 73.1 Å². The zero-order valence-electron chi connectivity index (χ0n) is 20.5. The van der Waals surface area contributed by atoms with Gasteiger partial charge in [-0.25, -0.2) is 5.48 Å². The minimum atomic E-state index is -0.619. The number of hydrogen-bond donors (Lipinski definition) is 3. The summed E-state index contributed by atoms with van der Waals surface area (Å²) in [5.41, 5.74) is 4.97. The zero-order chi connectivity index (χ0) is 26.5. The van der Waals surface area contributed by atoms with Crippen LogP contribution in [0.2, 0.25) is 5.02 Å². The molecule has 2 atom stereocenters. The molecule has 0 aliphatic heterocycles. The first-order valence-electron chi connectivity index (χ1n) is 11.7. The first-order chi connectivity index (χ1) is 18.0. The smallest absolute Gasteiger partial charge is 0.251 e. The minimum Gasteiger partial charge on any atom is -0.359 e. The largest absolute Gasteiger partial charge is 0.359 e. The number of halogens is 1. The number of hydroxylamine groups is 1. The highest BCUT2D eigenvalue weighted by atomic mass is 35.5. The van der Waals surface area contributed by atoms with E-state index in [1.165, 1.54) is 7.11 Å². The molecule has 1 heterocycles. The third-order valence-electron chi connectivity index (χ3n) is 5.62. The third-order valence-corrected chi connectivity index (χ3v) is 5.87. The van der Waals surface area contributed by atoms with Crippen LogP contribution in [0.5, 0.6) is 0 Å². The van der Waals surface area contributed by atoms with Gasteiger partial charge in [0.2, 0.25) is 5.91 Å². The lowest BCUT2D eigenvalue weighted by Crippen LogP contribution is -2.42. The van der Waals surface area contributed by atoms with Crippen molar-refractivity contribution >= 4 is 35.6 Å². The molecule has 0 radical (unpaired) electrons. The van der Waals surface area contributed by atoms with Crippen LogP contribution in [-0.4, -0.2) is 48.6 Å². The lowest BCUT2D eigenvalue weighted by molar-refractivity contribution is -0.134. The molecule has 0 saturated heterocycles. The molecule has 9 heteroatoms. The van der Waals surface area contributed by atoms with Gasteiger partial charge >= 0.3 is 0 Å². The molecule has 0 unspecified atom stereocenters. The van der Waals surface area contributed by atoms with Crippen molar-refractivity contribution in [2.45, 2.75) is 18.9 Å². The van der Waals surface area contributed by atoms with Crippen molar-refractivity contribution in [2.24, 2.45) is 5.92 Å². The summed E-state index contributed by atoms with van der Waals surface area (Å²) < 4.78 is 10.4. The van der Waals surface area contributed by atoms with Gasteiger partial charge in [-0.05, 0) is 59.9 Å². The predicted octanol–water partition coefficient (Wildman–Crippen LogP) is 4.38. The molecular weight excluding hydrogens is 494 g/mol. The number of carbonyl (C=O) groups excluding carboxylic acids is 2. The molecule has 8 nitrogen and oxygen atoms in total. The predicted molar refractivity (Wildman–Crippen MR) is 142 cm³/mol. The average molecular weight is 524 g/mol. The van der Waals surface area contributed by atoms with Crippen molar-refractivity contribution in [1.82, 2.24) is 15.8 Å². The first-order valence-corrected chi connectivity index (χ1v) is 12.1. The summed E-state index contributed by atoms with van der Waals surface area (Å²) >= 11 is 5.92. The van der Waals surface area contributed by atoms with Crippen LogP contribution in [0.1, 0.15) is 33.5 Å². The molecule has 0 aliphatic carbocycles. The van der Waals surface area contributed by atoms with Gasteiger partial charge in [0.1, 0.15) is 6.79 Å². The molecular formula is C28H30ClN3O5. The molecule has 3 rings (SSSR count). The Labute approximate surface area is 221 Å². The number of amides is 2. The molecule has 3 aromatic rings. The lowest BCUT2D eigenvalue weighted by atomic mass is 9.92. The highest BCUT2D eigenvalue weighted by molar-refractivity contribution is 6.30. The van der Waals surface area contributed by atoms with E-state index in [0.29, 0.717) is 17.0 Å². The first kappa shape index (κ1) is 28.0. The van der Waals surface area contributed by atoms with E-state index in [-0.39, 0.29) is 25.7 Å². The minimum absolute atomic E-state index is 0.0422. The van der Waals surface area contributed by atoms with Crippen molar-refractivity contribution < 1.29 is 24.3 Å². The standard InChI is InChI=1S/C28H30ClN3O5/c1-36-19-37-18-26(16-24(28(34)32-35)15-22-3-2-14-30-17-22)31-27(33)23-10-6-20(7-11-23)4-5-21-8-12-25(29)13-9-21/h2-14,17,24,26,35H,15-16,18-19H2,1H3,(H,31,33)(H,32,34)/b5-4+/t24-,26-/m0/s1. The maximum absolute atomic E-state index is 13.0. The molecule has 0 fully saturated rings. The number of pyridine rings is 1. The number of benzene rings is 2. The van der Waals surface area contributed by atoms with Gasteiger partial charge in [0, 0.05) is 36.0 Å². The zero-order valence-corrected chi connectivity index (χ0v) is 21.2. The van der Waals surface area contributed by atoms with E-state index in [1.807, 2.05) is 54.6 Å². The molecule has 0 aliphatic rings. The van der Waals surface area contributed by atoms with Crippen molar-refractivity contribution in [3.63, 3.8) is 0 Å². The Morgan fingerprint density at radius 1 is 1.05 bits per heavy atom. The van der Waals surface area contributed by atoms with Crippen molar-refractivity contribution in [1.29, 1.82) is 0 Å². The Bertz CT molecular complexity index is 1150. The van der Waals surface area contributed by atoms with E-state index in [4.69, 9.17) is 21.1 Å². The average Bonchev–Trinajstić information content (AvgIpc) is 2.92. The molecule has 194 valence electrons. The monoisotopic (exact) mass is 523 g/mol. The quantitative estimate of drug-likeness (QED) is 0.101. The second-order valence-corrected chi connectivity index (χ2v) is 8.87. The van der Waals surface area contributed by atoms with Crippen LogP contribution in [0.3, 0.4) is 0 Å². The van der Waals surface area contributed by atoms with Crippen LogP contribution >= 0.6 is 11.6 Å². The fourth-order valence-electron chi connectivity index (χ4n) is 3.74. The number of nitrogens with one attached hydrogen (secondary N) is 2. The molecule has 1 aromatic heterocycles. The normalized spacial score (nSPS) is 12.7. The summed E-state index contributed by atoms with van der Waals surface area (Å²) in [7, 11) is 1.50. The van der Waals surface area contributed by atoms with Crippen molar-refractivity contribution in [3.05, 3.63) is 100 Å². The molecule has 0 saturated carbocycles. The number of aromatic nitrogens is 1. The van der Waals surface area contributed by atoms with Crippen LogP contribution < -0.4 is 10.8 Å². The lowest BCUT2D eigenvalue weighted by Gasteiger charge is -2.23. The van der Waals surface area contributed by atoms with E-state index in [1.54, 1.807) is 36.1 Å². The van der Waals surface area contributed by atoms with Gasteiger partial charge in [-0.15, -0.1) is 0 Å². The molecule has 2 aromatic carbocycles. The highest BCUT2D eigenvalue weighted by Gasteiger charge is 2.25. The number of methoxy groups -OCH3 is 1. The fraction of sp³-hybridized carbons (Fsp3) is 0.250. The molecule has 3 N–H and O–H groups in total. The summed E-state index contributed by atoms with van der Waals surface area (Å²) in [6, 6.07) is 17.8. The van der Waals surface area contributed by atoms with Gasteiger partial charge in [-0.1, -0.05) is 54.1 Å². The summed E-state index contributed by atoms with van der Waals surface area (Å²) in [6.07, 6.45) is 7.79. The van der Waals surface area contributed by atoms with Gasteiger partial charge < -0.3 is 14.8 Å². The molecule has 37 heavy (non-hydrogen) atoms. The van der Waals surface area contributed by atoms with Gasteiger partial charge in [-0.3, -0.25) is 19.8 Å². The number of carbonyl (C=O) groups is 2. The van der Waals surface area contributed by atoms with Gasteiger partial charge in [0.15, 0.2) is 0 Å². The Kier molecular flexibility index (Phi) is 11.3. The van der Waals surface area contributed by atoms with E-state index >= 15 is 0 Å². The Hall–Kier alpha value is -3.56. The van der Waals surface area contributed by atoms with Crippen LogP contribution in [0.25, 0.3) is 12.2 Å². The SMILES string of the molecule is COCOC[C@H](C[C@H](Cc1cccnc1)C(=O)NO)NC(=O)c1ccc(/C=C/c2ccc(Cl)cc2)cc1. The highest BCUT2D eigenvalue weighted by Crippen LogP contribution is 2.17. The molecule has 2 amide bonds. The summed E-state index contributed by atoms with van der Waals surface area (Å²) in [4.78, 5) is 29.5. The molecule has 0 spiro atoms. The van der Waals surface area contributed by atoms with E-state index in [2.05, 4.69) is 10.3 Å². The third kappa shape index (κ3) is 9.44. The van der Waals surface area contributed by atoms with E-state index < -0.39 is 17.9 Å². The second kappa shape index (κ2) is 14.9. The number of hydrogen-bond acceptors (Lipinski definition) is 6. The van der Waals surface area contributed by atoms with E-state index in [0.717, 1.165) is 16.7 Å². The second-order valence-electron chi connectivity index (χ2n) is 8.43. The maximum atomic E-state index is 13.0. The Morgan fingerprint density at radius 2 is 1.73 bits per heavy atom. The van der Waals surface area contributed by atoms with Gasteiger partial charge in [-0.2, -0.15) is 0 Å². The van der Waals surface area contributed by atoms with Gasteiger partial charge in [0.05, 0.1) is 12.6 Å². The number of nitrogens with zero attached hydrogens (tertiary/aromatic N) is 1. The van der Waals surface area contributed by atoms with Crippen molar-refractivity contribution in [2.75, 3.05) is 20.5 Å². The van der Waals surface area contributed by atoms with Crippen LogP contribution in [-0.2, 0) is 20.7 Å². The topological polar surface area (TPSA) is 110 Å². The summed E-state index contributed by atoms with van der Waals surface area (Å²) in [6.45, 7) is 0.171. The Balaban J connectivity index is 1.67.